The van der Waals surface area contributed by atoms with Crippen molar-refractivity contribution < 1.29 is 17.5 Å². The summed E-state index contributed by atoms with van der Waals surface area (Å²) in [5, 5.41) is 3.37. The first-order valence-electron chi connectivity index (χ1n) is 11.8. The van der Waals surface area contributed by atoms with E-state index in [1.165, 1.54) is 28.0 Å². The summed E-state index contributed by atoms with van der Waals surface area (Å²) in [4.78, 5) is 0. The maximum Gasteiger partial charge on any atom is 0.261 e. The predicted molar refractivity (Wildman–Crippen MR) is 147 cm³/mol. The van der Waals surface area contributed by atoms with E-state index < -0.39 is 10.1 Å². The summed E-state index contributed by atoms with van der Waals surface area (Å²) >= 11 is 0. The molecule has 0 bridgehead atoms. The van der Waals surface area contributed by atoms with Crippen molar-refractivity contribution in [2.24, 2.45) is 0 Å². The molecule has 3 rings (SSSR count). The van der Waals surface area contributed by atoms with Crippen molar-refractivity contribution in [1.82, 2.24) is 0 Å². The topological polar surface area (TPSA) is 69.4 Å². The number of allylic oxidation sites excluding steroid dienone is 5. The van der Waals surface area contributed by atoms with E-state index in [1.807, 2.05) is 13.8 Å². The highest BCUT2D eigenvalue weighted by Crippen LogP contribution is 2.30. The fraction of sp³-hybridized carbons (Fsp3) is 0.321. The molecule has 5 nitrogen and oxygen atoms in total. The van der Waals surface area contributed by atoms with Gasteiger partial charge < -0.3 is 5.32 Å². The third-order valence-electron chi connectivity index (χ3n) is 4.90. The number of hydrogen-bond donors (Lipinski definition) is 2. The molecule has 0 heterocycles. The second kappa shape index (κ2) is 15.0. The highest BCUT2D eigenvalue weighted by atomic mass is 32.2. The van der Waals surface area contributed by atoms with Gasteiger partial charge in [0.05, 0.1) is 6.26 Å². The largest absolute Gasteiger partial charge is 0.385 e. The average molecular weight is 484 g/mol. The molecular weight excluding hydrogens is 444 g/mol. The van der Waals surface area contributed by atoms with Gasteiger partial charge >= 0.3 is 0 Å². The van der Waals surface area contributed by atoms with Gasteiger partial charge in [0.1, 0.15) is 13.1 Å². The Balaban J connectivity index is 0.000000733. The van der Waals surface area contributed by atoms with Crippen LogP contribution in [0.1, 0.15) is 45.7 Å². The summed E-state index contributed by atoms with van der Waals surface area (Å²) in [6.07, 6.45) is 9.67. The van der Waals surface area contributed by atoms with E-state index in [0.717, 1.165) is 25.3 Å². The van der Waals surface area contributed by atoms with E-state index in [4.69, 9.17) is 4.55 Å². The van der Waals surface area contributed by atoms with Gasteiger partial charge in [0.25, 0.3) is 10.1 Å². The lowest BCUT2D eigenvalue weighted by Crippen LogP contribution is -2.19. The fourth-order valence-corrected chi connectivity index (χ4v) is 3.49. The second-order valence-corrected chi connectivity index (χ2v) is 8.77. The number of benzene rings is 2. The van der Waals surface area contributed by atoms with Crippen molar-refractivity contribution in [1.29, 1.82) is 0 Å². The molecule has 0 unspecified atom stereocenters. The van der Waals surface area contributed by atoms with Crippen LogP contribution in [0.5, 0.6) is 0 Å². The fourth-order valence-electron chi connectivity index (χ4n) is 3.49. The third kappa shape index (κ3) is 9.89. The van der Waals surface area contributed by atoms with Crippen molar-refractivity contribution in [2.45, 2.75) is 34.6 Å². The maximum atomic E-state index is 9.19. The van der Waals surface area contributed by atoms with Gasteiger partial charge in [0.2, 0.25) is 0 Å². The van der Waals surface area contributed by atoms with Crippen LogP contribution in [0.25, 0.3) is 5.57 Å². The van der Waals surface area contributed by atoms with E-state index >= 15 is 0 Å². The Morgan fingerprint density at radius 1 is 0.824 bits per heavy atom. The van der Waals surface area contributed by atoms with Crippen molar-refractivity contribution in [3.8, 4) is 0 Å². The molecule has 1 aliphatic rings. The summed E-state index contributed by atoms with van der Waals surface area (Å²) in [7, 11) is -3.67. The van der Waals surface area contributed by atoms with Crippen molar-refractivity contribution >= 4 is 27.1 Å². The molecule has 1 aliphatic carbocycles. The van der Waals surface area contributed by atoms with E-state index in [0.29, 0.717) is 6.26 Å². The summed E-state index contributed by atoms with van der Waals surface area (Å²) < 4.78 is 28.2. The van der Waals surface area contributed by atoms with Crippen LogP contribution in [0.3, 0.4) is 0 Å². The molecule has 2 aromatic carbocycles. The van der Waals surface area contributed by atoms with E-state index in [9.17, 15) is 8.42 Å². The van der Waals surface area contributed by atoms with Crippen molar-refractivity contribution in [3.05, 3.63) is 95.6 Å². The smallest absolute Gasteiger partial charge is 0.261 e. The Morgan fingerprint density at radius 3 is 1.74 bits per heavy atom. The quantitative estimate of drug-likeness (QED) is 0.386. The summed E-state index contributed by atoms with van der Waals surface area (Å²) in [6, 6.07) is 19.4. The first-order chi connectivity index (χ1) is 16.3. The maximum absolute atomic E-state index is 9.19. The average Bonchev–Trinajstić information content (AvgIpc) is 2.83. The zero-order valence-corrected chi connectivity index (χ0v) is 22.1. The van der Waals surface area contributed by atoms with Gasteiger partial charge in [0.15, 0.2) is 5.71 Å². The van der Waals surface area contributed by atoms with Gasteiger partial charge in [-0.1, -0.05) is 56.3 Å². The van der Waals surface area contributed by atoms with Crippen molar-refractivity contribution in [3.63, 3.8) is 0 Å². The van der Waals surface area contributed by atoms with Crippen LogP contribution in [0.2, 0.25) is 0 Å². The summed E-state index contributed by atoms with van der Waals surface area (Å²) in [5.74, 6) is 0. The summed E-state index contributed by atoms with van der Waals surface area (Å²) in [5.41, 5.74) is 7.42. The van der Waals surface area contributed by atoms with Crippen LogP contribution in [-0.2, 0) is 10.1 Å². The number of nitrogens with zero attached hydrogens (tertiary/aromatic N) is 1. The Bertz CT molecular complexity index is 1080. The molecule has 184 valence electrons. The number of anilines is 1. The van der Waals surface area contributed by atoms with Crippen LogP contribution in [-0.4, -0.2) is 49.1 Å². The van der Waals surface area contributed by atoms with Gasteiger partial charge in [-0.25, -0.2) is 4.58 Å². The number of rotatable bonds is 6. The minimum Gasteiger partial charge on any atom is -0.385 e. The van der Waals surface area contributed by atoms with E-state index in [1.54, 1.807) is 0 Å². The lowest BCUT2D eigenvalue weighted by atomic mass is 9.90. The molecule has 0 atom stereocenters. The zero-order valence-electron chi connectivity index (χ0n) is 21.2. The molecule has 0 amide bonds. The molecule has 0 spiro atoms. The van der Waals surface area contributed by atoms with Gasteiger partial charge in [-0.3, -0.25) is 4.55 Å². The molecular formula is C28H39N2O3S+. The van der Waals surface area contributed by atoms with Gasteiger partial charge in [-0.2, -0.15) is 8.42 Å². The first kappa shape index (κ1) is 29.1. The molecule has 0 saturated carbocycles. The lowest BCUT2D eigenvalue weighted by molar-refractivity contribution is -0.519. The molecule has 6 heteroatoms. The lowest BCUT2D eigenvalue weighted by Gasteiger charge is -2.14. The normalized spacial score (nSPS) is 12.2. The molecule has 0 aliphatic heterocycles. The number of nitrogens with one attached hydrogen (secondary N) is 1. The Labute approximate surface area is 206 Å². The van der Waals surface area contributed by atoms with E-state index in [2.05, 4.69) is 110 Å². The highest BCUT2D eigenvalue weighted by Gasteiger charge is 2.14. The SMILES string of the molecule is CC.CCNc1ccc(C(=C2C=CC(=[N+](CC)CC)C=C2)c2ccccc2)cc1.CS(=O)(=O)O. The second-order valence-electron chi connectivity index (χ2n) is 7.30. The zero-order chi connectivity index (χ0) is 25.6. The predicted octanol–water partition coefficient (Wildman–Crippen LogP) is 6.07. The van der Waals surface area contributed by atoms with Crippen molar-refractivity contribution in [2.75, 3.05) is 31.2 Å². The minimum atomic E-state index is -3.67. The standard InChI is InChI=1S/C25H28N2.C2H6.CH4O3S/c1-4-26-23-16-12-21(13-17-23)25(20-10-8-7-9-11-20)22-14-18-24(19-15-22)27(5-2)6-3;1-2;1-5(2,3)4/h7-19H,4-6H2,1-3H3;1-2H3;1H3,(H,2,3,4)/p+1. The van der Waals surface area contributed by atoms with Crippen LogP contribution >= 0.6 is 0 Å². The van der Waals surface area contributed by atoms with Gasteiger partial charge in [-0.15, -0.1) is 0 Å². The van der Waals surface area contributed by atoms with Crippen LogP contribution in [0, 0.1) is 0 Å². The Morgan fingerprint density at radius 2 is 1.29 bits per heavy atom. The van der Waals surface area contributed by atoms with Gasteiger partial charge in [0, 0.05) is 24.4 Å². The first-order valence-corrected chi connectivity index (χ1v) is 13.7. The molecule has 0 saturated heterocycles. The molecule has 0 fully saturated rings. The molecule has 2 N–H and O–H groups in total. The molecule has 0 radical (unpaired) electrons. The highest BCUT2D eigenvalue weighted by molar-refractivity contribution is 7.85. The van der Waals surface area contributed by atoms with Gasteiger partial charge in [-0.05, 0) is 67.3 Å². The van der Waals surface area contributed by atoms with E-state index in [-0.39, 0.29) is 0 Å². The third-order valence-corrected chi connectivity index (χ3v) is 4.90. The number of hydrogen-bond acceptors (Lipinski definition) is 3. The van der Waals surface area contributed by atoms with Crippen LogP contribution in [0.15, 0.2) is 84.5 Å². The summed E-state index contributed by atoms with van der Waals surface area (Å²) in [6.45, 7) is 13.5. The molecule has 2 aromatic rings. The molecule has 0 aromatic heterocycles. The molecule has 34 heavy (non-hydrogen) atoms. The van der Waals surface area contributed by atoms with Crippen LogP contribution < -0.4 is 5.32 Å². The van der Waals surface area contributed by atoms with Crippen LogP contribution in [0.4, 0.5) is 5.69 Å². The Hall–Kier alpha value is -2.96. The Kier molecular flexibility index (Phi) is 12.9. The monoisotopic (exact) mass is 483 g/mol. The minimum absolute atomic E-state index is 0.715.